The smallest absolute Gasteiger partial charge is 0.241 e. The molecule has 1 aromatic heterocycles. The van der Waals surface area contributed by atoms with Crippen LogP contribution in [0, 0.1) is 11.8 Å². The highest BCUT2D eigenvalue weighted by Crippen LogP contribution is 2.13. The molecular formula is C14H15N3O3S. The molecule has 7 heteroatoms. The average Bonchev–Trinajstić information content (AvgIpc) is 2.98. The first-order chi connectivity index (χ1) is 10.1. The largest absolute Gasteiger partial charge is 0.384 e. The molecule has 2 N–H and O–H groups in total. The number of aliphatic hydroxyl groups is 1. The second-order valence-electron chi connectivity index (χ2n) is 4.12. The Morgan fingerprint density at radius 3 is 2.81 bits per heavy atom. The van der Waals surface area contributed by atoms with Crippen LogP contribution in [0.25, 0.3) is 0 Å². The lowest BCUT2D eigenvalue weighted by Gasteiger charge is -2.08. The van der Waals surface area contributed by atoms with Gasteiger partial charge in [-0.05, 0) is 18.2 Å². The topological polar surface area (TPSA) is 84.2 Å². The van der Waals surface area contributed by atoms with E-state index >= 15 is 0 Å². The lowest BCUT2D eigenvalue weighted by Crippen LogP contribution is -2.28. The quantitative estimate of drug-likeness (QED) is 0.773. The van der Waals surface area contributed by atoms with Crippen molar-refractivity contribution < 1.29 is 13.5 Å². The van der Waals surface area contributed by atoms with E-state index in [4.69, 9.17) is 5.11 Å². The van der Waals surface area contributed by atoms with E-state index in [1.165, 1.54) is 6.07 Å². The zero-order valence-electron chi connectivity index (χ0n) is 11.2. The van der Waals surface area contributed by atoms with Gasteiger partial charge in [0.15, 0.2) is 0 Å². The summed E-state index contributed by atoms with van der Waals surface area (Å²) in [7, 11) is -3.65. The molecule has 0 aliphatic rings. The molecule has 0 unspecified atom stereocenters. The maximum Gasteiger partial charge on any atom is 0.241 e. The zero-order chi connectivity index (χ0) is 15.1. The van der Waals surface area contributed by atoms with Crippen molar-refractivity contribution in [2.45, 2.75) is 11.4 Å². The van der Waals surface area contributed by atoms with Crippen LogP contribution in [0.5, 0.6) is 0 Å². The van der Waals surface area contributed by atoms with Crippen molar-refractivity contribution in [3.63, 3.8) is 0 Å². The summed E-state index contributed by atoms with van der Waals surface area (Å²) in [5.41, 5.74) is 0.359. The SMILES string of the molecule is O=S(=O)(NCCn1cccn1)c1ccccc1C#CCO. The Morgan fingerprint density at radius 1 is 1.29 bits per heavy atom. The number of nitrogens with zero attached hydrogens (tertiary/aromatic N) is 2. The molecule has 21 heavy (non-hydrogen) atoms. The third-order valence-corrected chi connectivity index (χ3v) is 4.19. The third-order valence-electron chi connectivity index (χ3n) is 2.67. The molecule has 0 aliphatic heterocycles. The Hall–Kier alpha value is -2.14. The van der Waals surface area contributed by atoms with Crippen LogP contribution in [-0.4, -0.2) is 36.5 Å². The van der Waals surface area contributed by atoms with Gasteiger partial charge in [0.25, 0.3) is 0 Å². The number of benzene rings is 1. The predicted molar refractivity (Wildman–Crippen MR) is 77.8 cm³/mol. The maximum absolute atomic E-state index is 12.3. The Labute approximate surface area is 123 Å². The van der Waals surface area contributed by atoms with Crippen LogP contribution in [0.15, 0.2) is 47.6 Å². The molecule has 0 spiro atoms. The summed E-state index contributed by atoms with van der Waals surface area (Å²) in [6.45, 7) is 0.351. The summed E-state index contributed by atoms with van der Waals surface area (Å²) in [5.74, 6) is 5.09. The summed E-state index contributed by atoms with van der Waals surface area (Å²) in [5, 5.41) is 12.7. The molecule has 0 fully saturated rings. The highest BCUT2D eigenvalue weighted by Gasteiger charge is 2.16. The van der Waals surface area contributed by atoms with Crippen LogP contribution in [0.1, 0.15) is 5.56 Å². The van der Waals surface area contributed by atoms with Crippen LogP contribution >= 0.6 is 0 Å². The number of hydrogen-bond acceptors (Lipinski definition) is 4. The average molecular weight is 305 g/mol. The van der Waals surface area contributed by atoms with Crippen LogP contribution in [-0.2, 0) is 16.6 Å². The van der Waals surface area contributed by atoms with Crippen molar-refractivity contribution >= 4 is 10.0 Å². The van der Waals surface area contributed by atoms with Gasteiger partial charge in [0, 0.05) is 24.5 Å². The third kappa shape index (κ3) is 4.16. The number of aromatic nitrogens is 2. The molecule has 0 bridgehead atoms. The van der Waals surface area contributed by atoms with Gasteiger partial charge in [0.05, 0.1) is 11.4 Å². The first-order valence-corrected chi connectivity index (χ1v) is 7.77. The van der Waals surface area contributed by atoms with Crippen molar-refractivity contribution in [2.24, 2.45) is 0 Å². The van der Waals surface area contributed by atoms with Crippen LogP contribution < -0.4 is 4.72 Å². The molecule has 0 saturated heterocycles. The number of nitrogens with one attached hydrogen (secondary N) is 1. The zero-order valence-corrected chi connectivity index (χ0v) is 12.0. The minimum Gasteiger partial charge on any atom is -0.384 e. The molecule has 0 saturated carbocycles. The monoisotopic (exact) mass is 305 g/mol. The van der Waals surface area contributed by atoms with Gasteiger partial charge in [-0.15, -0.1) is 0 Å². The van der Waals surface area contributed by atoms with Gasteiger partial charge >= 0.3 is 0 Å². The van der Waals surface area contributed by atoms with E-state index in [2.05, 4.69) is 21.7 Å². The standard InChI is InChI=1S/C14H15N3O3S/c18-12-3-6-13-5-1-2-7-14(13)21(19,20)16-9-11-17-10-4-8-15-17/h1-2,4-5,7-8,10,16,18H,9,11-12H2. The maximum atomic E-state index is 12.3. The van der Waals surface area contributed by atoms with E-state index in [0.29, 0.717) is 12.1 Å². The van der Waals surface area contributed by atoms with E-state index in [1.807, 2.05) is 0 Å². The summed E-state index contributed by atoms with van der Waals surface area (Å²) in [6, 6.07) is 8.19. The van der Waals surface area contributed by atoms with Gasteiger partial charge < -0.3 is 5.11 Å². The molecule has 2 aromatic rings. The molecule has 6 nitrogen and oxygen atoms in total. The number of aliphatic hydroxyl groups excluding tert-OH is 1. The molecule has 1 heterocycles. The second-order valence-corrected chi connectivity index (χ2v) is 5.86. The van der Waals surface area contributed by atoms with Crippen LogP contribution in [0.4, 0.5) is 0 Å². The van der Waals surface area contributed by atoms with Gasteiger partial charge in [-0.1, -0.05) is 24.0 Å². The van der Waals surface area contributed by atoms with Gasteiger partial charge in [-0.3, -0.25) is 4.68 Å². The summed E-state index contributed by atoms with van der Waals surface area (Å²) in [4.78, 5) is 0.103. The molecule has 1 aromatic carbocycles. The Kier molecular flexibility index (Phi) is 5.11. The molecule has 110 valence electrons. The van der Waals surface area contributed by atoms with Crippen molar-refractivity contribution in [2.75, 3.05) is 13.2 Å². The van der Waals surface area contributed by atoms with Gasteiger partial charge in [0.1, 0.15) is 6.61 Å². The van der Waals surface area contributed by atoms with Crippen molar-refractivity contribution in [3.05, 3.63) is 48.3 Å². The van der Waals surface area contributed by atoms with Crippen LogP contribution in [0.3, 0.4) is 0 Å². The summed E-state index contributed by atoms with van der Waals surface area (Å²) in [6.07, 6.45) is 3.39. The van der Waals surface area contributed by atoms with Crippen molar-refractivity contribution in [3.8, 4) is 11.8 Å². The van der Waals surface area contributed by atoms with Gasteiger partial charge in [-0.2, -0.15) is 5.10 Å². The Morgan fingerprint density at radius 2 is 2.10 bits per heavy atom. The summed E-state index contributed by atoms with van der Waals surface area (Å²) < 4.78 is 28.7. The lowest BCUT2D eigenvalue weighted by atomic mass is 10.2. The fourth-order valence-corrected chi connectivity index (χ4v) is 2.93. The predicted octanol–water partition coefficient (Wildman–Crippen LogP) is 0.205. The summed E-state index contributed by atoms with van der Waals surface area (Å²) >= 11 is 0. The van der Waals surface area contributed by atoms with Gasteiger partial charge in [-0.25, -0.2) is 13.1 Å². The van der Waals surface area contributed by atoms with E-state index in [-0.39, 0.29) is 18.0 Å². The molecule has 0 aliphatic carbocycles. The van der Waals surface area contributed by atoms with Gasteiger partial charge in [0.2, 0.25) is 10.0 Å². The molecule has 2 rings (SSSR count). The van der Waals surface area contributed by atoms with Crippen LogP contribution in [0.2, 0.25) is 0 Å². The number of sulfonamides is 1. The lowest BCUT2D eigenvalue weighted by molar-refractivity contribution is 0.350. The molecule has 0 atom stereocenters. The molecule has 0 radical (unpaired) electrons. The van der Waals surface area contributed by atoms with E-state index in [0.717, 1.165) is 0 Å². The minimum absolute atomic E-state index is 0.103. The highest BCUT2D eigenvalue weighted by molar-refractivity contribution is 7.89. The minimum atomic E-state index is -3.65. The first-order valence-electron chi connectivity index (χ1n) is 6.29. The first kappa shape index (κ1) is 15.3. The Balaban J connectivity index is 2.12. The highest BCUT2D eigenvalue weighted by atomic mass is 32.2. The van der Waals surface area contributed by atoms with E-state index in [1.54, 1.807) is 41.3 Å². The number of hydrogen-bond donors (Lipinski definition) is 2. The van der Waals surface area contributed by atoms with Crippen molar-refractivity contribution in [1.29, 1.82) is 0 Å². The number of rotatable bonds is 5. The van der Waals surface area contributed by atoms with E-state index in [9.17, 15) is 8.42 Å². The molecular weight excluding hydrogens is 290 g/mol. The van der Waals surface area contributed by atoms with Crippen molar-refractivity contribution in [1.82, 2.24) is 14.5 Å². The molecule has 0 amide bonds. The fraction of sp³-hybridized carbons (Fsp3) is 0.214. The van der Waals surface area contributed by atoms with E-state index < -0.39 is 10.0 Å². The normalized spacial score (nSPS) is 10.9. The Bertz CT molecular complexity index is 743. The fourth-order valence-electron chi connectivity index (χ4n) is 1.74. The second kappa shape index (κ2) is 7.04.